The topological polar surface area (TPSA) is 220 Å². The van der Waals surface area contributed by atoms with Gasteiger partial charge in [-0.2, -0.15) is 0 Å². The summed E-state index contributed by atoms with van der Waals surface area (Å²) in [5.74, 6) is -2.66. The Bertz CT molecular complexity index is 1860. The standard InChI is InChI=1S/C13H22O5.2C13H22O4.C12H20O4.8CH4/c1-6-12(2,3)11(15)17-9-7-10(14)18-13(9,4)8-16-5;1-7-11(2,3)9(14)17-13(6)8-12(4,5)16-10(13)15;1-7-11(2,3)10(15)17-13(6)8-9(14)16-12(13,4)5;1-6-11(2,3)10(14)15-8-7-9(13)16-12(8,4)5;;;;;;;;/h9H,6-8H2,1-5H3;2*7-8H2,1-6H3;8H,6-7H2,1-5H3;8*1H4. The Balaban J connectivity index is -0.000000131. The van der Waals surface area contributed by atoms with E-state index in [1.54, 1.807) is 48.5 Å². The Labute approximate surface area is 464 Å². The van der Waals surface area contributed by atoms with Crippen LogP contribution >= 0.6 is 0 Å². The third-order valence-corrected chi connectivity index (χ3v) is 13.9. The lowest BCUT2D eigenvalue weighted by molar-refractivity contribution is -0.184. The van der Waals surface area contributed by atoms with E-state index < -0.39 is 73.4 Å². The Morgan fingerprint density at radius 3 is 1.17 bits per heavy atom. The first-order valence-corrected chi connectivity index (χ1v) is 23.8. The fraction of sp³-hybridized carbons (Fsp3) is 0.864. The number of esters is 8. The van der Waals surface area contributed by atoms with Crippen molar-refractivity contribution in [3.8, 4) is 0 Å². The molecule has 4 aliphatic heterocycles. The van der Waals surface area contributed by atoms with Crippen LogP contribution in [0.1, 0.15) is 256 Å². The second-order valence-electron chi connectivity index (χ2n) is 23.2. The summed E-state index contributed by atoms with van der Waals surface area (Å²) in [6.45, 7) is 38.3. The maximum atomic E-state index is 12.1. The van der Waals surface area contributed by atoms with E-state index in [4.69, 9.17) is 42.6 Å². The molecule has 0 bridgehead atoms. The molecule has 4 aliphatic rings. The van der Waals surface area contributed by atoms with Crippen LogP contribution in [0.15, 0.2) is 0 Å². The van der Waals surface area contributed by atoms with Crippen LogP contribution in [-0.4, -0.2) is 107 Å². The number of rotatable bonds is 14. The van der Waals surface area contributed by atoms with Crippen LogP contribution in [0.5, 0.6) is 0 Å². The molecule has 0 aliphatic carbocycles. The Kier molecular flexibility index (Phi) is 37.1. The van der Waals surface area contributed by atoms with Crippen LogP contribution < -0.4 is 0 Å². The van der Waals surface area contributed by atoms with E-state index in [1.807, 2.05) is 96.9 Å². The summed E-state index contributed by atoms with van der Waals surface area (Å²) in [5.41, 5.74) is -7.14. The van der Waals surface area contributed by atoms with Crippen molar-refractivity contribution in [2.75, 3.05) is 13.7 Å². The molecule has 76 heavy (non-hydrogen) atoms. The van der Waals surface area contributed by atoms with Crippen LogP contribution in [0.3, 0.4) is 0 Å². The second kappa shape index (κ2) is 32.0. The molecular formula is C59H118O17. The molecule has 4 saturated heterocycles. The van der Waals surface area contributed by atoms with E-state index in [0.29, 0.717) is 32.1 Å². The molecule has 0 aromatic rings. The minimum absolute atomic E-state index is 0. The zero-order valence-electron chi connectivity index (χ0n) is 45.5. The van der Waals surface area contributed by atoms with E-state index in [9.17, 15) is 38.4 Å². The molecule has 0 spiro atoms. The van der Waals surface area contributed by atoms with Crippen LogP contribution in [0, 0.1) is 21.7 Å². The van der Waals surface area contributed by atoms with Crippen molar-refractivity contribution in [1.29, 1.82) is 0 Å². The largest absolute Gasteiger partial charge is 0.457 e. The van der Waals surface area contributed by atoms with Crippen molar-refractivity contribution in [2.45, 2.75) is 302 Å². The maximum absolute atomic E-state index is 12.1. The quantitative estimate of drug-likeness (QED) is 0.117. The van der Waals surface area contributed by atoms with Gasteiger partial charge < -0.3 is 42.6 Å². The average Bonchev–Trinajstić information content (AvgIpc) is 3.78. The first-order chi connectivity index (χ1) is 30.5. The predicted octanol–water partition coefficient (Wildman–Crippen LogP) is 13.7. The fourth-order valence-corrected chi connectivity index (χ4v) is 6.57. The molecule has 456 valence electrons. The van der Waals surface area contributed by atoms with Gasteiger partial charge in [-0.15, -0.1) is 0 Å². The molecular weight excluding hydrogens is 981 g/mol. The number of hydrogen-bond donors (Lipinski definition) is 0. The van der Waals surface area contributed by atoms with Crippen molar-refractivity contribution >= 4 is 47.8 Å². The van der Waals surface area contributed by atoms with E-state index in [-0.39, 0.29) is 127 Å². The molecule has 17 nitrogen and oxygen atoms in total. The molecule has 4 fully saturated rings. The molecule has 0 aromatic carbocycles. The smallest absolute Gasteiger partial charge is 0.351 e. The SMILES string of the molecule is C.C.C.C.C.C.C.C.CCC(C)(C)C(=O)OC1(C)CC(=O)OC1(C)C.CCC(C)(C)C(=O)OC1(C)CC(C)(C)OC1=O.CCC(C)(C)C(=O)OC1CC(=O)OC1(C)C.CCC(C)(C)C(=O)OC1CC(=O)OC1(C)COC. The highest BCUT2D eigenvalue weighted by Gasteiger charge is 2.57. The third kappa shape index (κ3) is 23.0. The highest BCUT2D eigenvalue weighted by Crippen LogP contribution is 2.42. The minimum atomic E-state index is -1.15. The van der Waals surface area contributed by atoms with Gasteiger partial charge in [0.1, 0.15) is 16.8 Å². The van der Waals surface area contributed by atoms with Gasteiger partial charge in [0.2, 0.25) is 5.60 Å². The zero-order chi connectivity index (χ0) is 53.5. The zero-order valence-corrected chi connectivity index (χ0v) is 45.5. The van der Waals surface area contributed by atoms with Gasteiger partial charge in [-0.05, 0) is 143 Å². The van der Waals surface area contributed by atoms with Gasteiger partial charge in [0.15, 0.2) is 23.4 Å². The van der Waals surface area contributed by atoms with Crippen molar-refractivity contribution < 1.29 is 81.0 Å². The monoisotopic (exact) mass is 1100 g/mol. The predicted molar refractivity (Wildman–Crippen MR) is 304 cm³/mol. The lowest BCUT2D eigenvalue weighted by atomic mass is 9.85. The van der Waals surface area contributed by atoms with E-state index in [2.05, 4.69) is 0 Å². The molecule has 0 aromatic heterocycles. The summed E-state index contributed by atoms with van der Waals surface area (Å²) in [4.78, 5) is 93.6. The molecule has 0 amide bonds. The molecule has 0 N–H and O–H groups in total. The number of ether oxygens (including phenoxy) is 9. The van der Waals surface area contributed by atoms with E-state index in [0.717, 1.165) is 0 Å². The summed E-state index contributed by atoms with van der Waals surface area (Å²) in [7, 11) is 1.52. The van der Waals surface area contributed by atoms with E-state index >= 15 is 0 Å². The first-order valence-electron chi connectivity index (χ1n) is 23.8. The number of carbonyl (C=O) groups excluding carboxylic acids is 8. The first kappa shape index (κ1) is 88.3. The molecule has 5 unspecified atom stereocenters. The van der Waals surface area contributed by atoms with Gasteiger partial charge >= 0.3 is 47.8 Å². The highest BCUT2D eigenvalue weighted by atomic mass is 16.6. The number of carbonyl (C=O) groups is 8. The molecule has 0 saturated carbocycles. The fourth-order valence-electron chi connectivity index (χ4n) is 6.57. The summed E-state index contributed by atoms with van der Waals surface area (Å²) >= 11 is 0. The van der Waals surface area contributed by atoms with Gasteiger partial charge in [-0.3, -0.25) is 33.6 Å². The molecule has 0 radical (unpaired) electrons. The minimum Gasteiger partial charge on any atom is -0.457 e. The van der Waals surface area contributed by atoms with E-state index in [1.165, 1.54) is 7.11 Å². The summed E-state index contributed by atoms with van der Waals surface area (Å²) < 4.78 is 47.5. The van der Waals surface area contributed by atoms with Gasteiger partial charge in [-0.1, -0.05) is 87.1 Å². The normalized spacial score (nSPS) is 24.1. The van der Waals surface area contributed by atoms with Gasteiger partial charge in [-0.25, -0.2) is 4.79 Å². The number of cyclic esters (lactones) is 4. The number of hydrogen-bond acceptors (Lipinski definition) is 17. The van der Waals surface area contributed by atoms with Crippen molar-refractivity contribution in [1.82, 2.24) is 0 Å². The Morgan fingerprint density at radius 1 is 0.500 bits per heavy atom. The summed E-state index contributed by atoms with van der Waals surface area (Å²) in [5, 5.41) is 0. The van der Waals surface area contributed by atoms with Gasteiger partial charge in [0, 0.05) is 13.5 Å². The van der Waals surface area contributed by atoms with Crippen molar-refractivity contribution in [3.63, 3.8) is 0 Å². The summed E-state index contributed by atoms with van der Waals surface area (Å²) in [6.07, 6.45) is 2.43. The summed E-state index contributed by atoms with van der Waals surface area (Å²) in [6, 6.07) is 0. The molecule has 5 atom stereocenters. The van der Waals surface area contributed by atoms with Crippen molar-refractivity contribution in [3.05, 3.63) is 0 Å². The maximum Gasteiger partial charge on any atom is 0.351 e. The van der Waals surface area contributed by atoms with Crippen LogP contribution in [0.4, 0.5) is 0 Å². The lowest BCUT2D eigenvalue weighted by Crippen LogP contribution is -2.49. The van der Waals surface area contributed by atoms with Crippen molar-refractivity contribution in [2.24, 2.45) is 21.7 Å². The third-order valence-electron chi connectivity index (χ3n) is 13.9. The average molecular weight is 1100 g/mol. The Hall–Kier alpha value is -4.28. The molecule has 17 heteroatoms. The second-order valence-corrected chi connectivity index (χ2v) is 23.2. The molecule has 4 heterocycles. The number of methoxy groups -OCH3 is 1. The van der Waals surface area contributed by atoms with Crippen LogP contribution in [-0.2, 0) is 81.0 Å². The highest BCUT2D eigenvalue weighted by molar-refractivity contribution is 5.87. The lowest BCUT2D eigenvalue weighted by Gasteiger charge is -2.36. The van der Waals surface area contributed by atoms with Gasteiger partial charge in [0.25, 0.3) is 0 Å². The van der Waals surface area contributed by atoms with Crippen LogP contribution in [0.25, 0.3) is 0 Å². The Morgan fingerprint density at radius 2 is 0.855 bits per heavy atom. The van der Waals surface area contributed by atoms with Gasteiger partial charge in [0.05, 0.1) is 47.5 Å². The molecule has 4 rings (SSSR count). The van der Waals surface area contributed by atoms with Crippen LogP contribution in [0.2, 0.25) is 0 Å².